The molecule has 0 aliphatic carbocycles. The maximum Gasteiger partial charge on any atom is 0.183 e. The van der Waals surface area contributed by atoms with E-state index in [4.69, 9.17) is 10.9 Å². The van der Waals surface area contributed by atoms with Crippen molar-refractivity contribution in [2.24, 2.45) is 5.84 Å². The summed E-state index contributed by atoms with van der Waals surface area (Å²) in [4.78, 5) is 13.4. The normalized spacial score (nSPS) is 11.0. The van der Waals surface area contributed by atoms with Crippen molar-refractivity contribution in [3.63, 3.8) is 0 Å². The first-order valence-corrected chi connectivity index (χ1v) is 8.27. The highest BCUT2D eigenvalue weighted by Gasteiger charge is 2.10. The molecule has 11 nitrogen and oxygen atoms in total. The second-order valence-corrected chi connectivity index (χ2v) is 5.72. The number of nitrogen functional groups attached to an aromatic ring is 1. The molecule has 4 heterocycles. The molecule has 0 saturated heterocycles. The Labute approximate surface area is 153 Å². The van der Waals surface area contributed by atoms with Crippen LogP contribution in [0.2, 0.25) is 0 Å². The highest BCUT2D eigenvalue weighted by Crippen LogP contribution is 2.22. The largest absolute Gasteiger partial charge is 0.394 e. The van der Waals surface area contributed by atoms with Gasteiger partial charge in [-0.1, -0.05) is 0 Å². The summed E-state index contributed by atoms with van der Waals surface area (Å²) in [5.41, 5.74) is 5.56. The highest BCUT2D eigenvalue weighted by molar-refractivity contribution is 5.65. The Morgan fingerprint density at radius 1 is 1.11 bits per heavy atom. The summed E-state index contributed by atoms with van der Waals surface area (Å²) < 4.78 is 3.34. The second-order valence-electron chi connectivity index (χ2n) is 5.72. The number of aromatic nitrogens is 7. The van der Waals surface area contributed by atoms with Crippen LogP contribution >= 0.6 is 0 Å². The van der Waals surface area contributed by atoms with E-state index in [1.165, 1.54) is 0 Å². The number of anilines is 2. The third-order valence-electron chi connectivity index (χ3n) is 3.92. The lowest BCUT2D eigenvalue weighted by Gasteiger charge is -2.11. The summed E-state index contributed by atoms with van der Waals surface area (Å²) in [7, 11) is 0. The molecule has 0 radical (unpaired) electrons. The molecule has 0 amide bonds. The fourth-order valence-electron chi connectivity index (χ4n) is 2.60. The molecular formula is C16H18N10O. The highest BCUT2D eigenvalue weighted by atomic mass is 16.3. The van der Waals surface area contributed by atoms with Crippen LogP contribution in [0.3, 0.4) is 0 Å². The predicted molar refractivity (Wildman–Crippen MR) is 98.5 cm³/mol. The maximum atomic E-state index is 9.01. The standard InChI is InChI=1S/C16H18N10O/c17-24-16-15(18-8-12-2-4-26-14(22-12)1-3-20-26)23-13(9-19-16)11-7-21-25(10-11)5-6-27/h1-4,7,9-10,27H,5-6,8,17H2,(H,18,23)(H,19,24). The Balaban J connectivity index is 1.56. The van der Waals surface area contributed by atoms with Crippen molar-refractivity contribution >= 4 is 17.3 Å². The molecule has 0 bridgehead atoms. The van der Waals surface area contributed by atoms with E-state index in [1.807, 2.05) is 18.3 Å². The van der Waals surface area contributed by atoms with E-state index < -0.39 is 0 Å². The van der Waals surface area contributed by atoms with Crippen LogP contribution in [0.25, 0.3) is 16.9 Å². The minimum absolute atomic E-state index is 0.0180. The fourth-order valence-corrected chi connectivity index (χ4v) is 2.60. The summed E-state index contributed by atoms with van der Waals surface area (Å²) in [6.45, 7) is 0.881. The number of nitrogens with one attached hydrogen (secondary N) is 2. The topological polar surface area (TPSA) is 144 Å². The zero-order valence-corrected chi connectivity index (χ0v) is 14.3. The molecule has 0 spiro atoms. The van der Waals surface area contributed by atoms with Crippen LogP contribution in [0, 0.1) is 0 Å². The van der Waals surface area contributed by atoms with Gasteiger partial charge < -0.3 is 15.8 Å². The van der Waals surface area contributed by atoms with Gasteiger partial charge in [0.1, 0.15) is 0 Å². The van der Waals surface area contributed by atoms with Gasteiger partial charge in [0.25, 0.3) is 0 Å². The summed E-state index contributed by atoms with van der Waals surface area (Å²) in [6.07, 6.45) is 8.63. The number of nitrogens with two attached hydrogens (primary N) is 1. The van der Waals surface area contributed by atoms with Crippen molar-refractivity contribution in [1.82, 2.24) is 34.3 Å². The van der Waals surface area contributed by atoms with E-state index in [-0.39, 0.29) is 6.61 Å². The Morgan fingerprint density at radius 2 is 2.04 bits per heavy atom. The molecule has 0 aliphatic rings. The number of fused-ring (bicyclic) bond motifs is 1. The molecule has 4 aromatic heterocycles. The van der Waals surface area contributed by atoms with Crippen LogP contribution in [0.4, 0.5) is 11.6 Å². The third kappa shape index (κ3) is 3.54. The number of hydrogen-bond acceptors (Lipinski definition) is 9. The Morgan fingerprint density at radius 3 is 2.89 bits per heavy atom. The van der Waals surface area contributed by atoms with Crippen molar-refractivity contribution in [2.75, 3.05) is 17.3 Å². The lowest BCUT2D eigenvalue weighted by Crippen LogP contribution is -2.14. The molecule has 0 saturated carbocycles. The SMILES string of the molecule is NNc1ncc(-c2cnn(CCO)c2)nc1NCc1ccn2nccc2n1. The van der Waals surface area contributed by atoms with Gasteiger partial charge in [0.15, 0.2) is 17.3 Å². The molecule has 0 aromatic carbocycles. The average Bonchev–Trinajstić information content (AvgIpc) is 3.35. The van der Waals surface area contributed by atoms with Crippen molar-refractivity contribution in [3.05, 3.63) is 48.8 Å². The molecular weight excluding hydrogens is 348 g/mol. The van der Waals surface area contributed by atoms with Crippen LogP contribution in [0.5, 0.6) is 0 Å². The second kappa shape index (κ2) is 7.35. The number of hydrazine groups is 1. The molecule has 0 aliphatic heterocycles. The smallest absolute Gasteiger partial charge is 0.183 e. The van der Waals surface area contributed by atoms with E-state index in [9.17, 15) is 0 Å². The van der Waals surface area contributed by atoms with Crippen LogP contribution in [-0.2, 0) is 13.1 Å². The Hall–Kier alpha value is -3.57. The Bertz CT molecular complexity index is 1060. The van der Waals surface area contributed by atoms with Crippen molar-refractivity contribution < 1.29 is 5.11 Å². The molecule has 138 valence electrons. The van der Waals surface area contributed by atoms with E-state index in [2.05, 4.69) is 35.9 Å². The van der Waals surface area contributed by atoms with E-state index in [0.29, 0.717) is 30.4 Å². The summed E-state index contributed by atoms with van der Waals surface area (Å²) >= 11 is 0. The molecule has 5 N–H and O–H groups in total. The summed E-state index contributed by atoms with van der Waals surface area (Å²) in [5.74, 6) is 6.47. The van der Waals surface area contributed by atoms with E-state index in [0.717, 1.165) is 16.9 Å². The van der Waals surface area contributed by atoms with Gasteiger partial charge in [0.05, 0.1) is 49.7 Å². The minimum Gasteiger partial charge on any atom is -0.394 e. The van der Waals surface area contributed by atoms with Crippen LogP contribution in [-0.4, -0.2) is 46.1 Å². The van der Waals surface area contributed by atoms with Crippen LogP contribution in [0.1, 0.15) is 5.69 Å². The van der Waals surface area contributed by atoms with Crippen LogP contribution < -0.4 is 16.6 Å². The van der Waals surface area contributed by atoms with Crippen molar-refractivity contribution in [2.45, 2.75) is 13.1 Å². The van der Waals surface area contributed by atoms with Gasteiger partial charge in [-0.15, -0.1) is 0 Å². The number of hydrogen-bond donors (Lipinski definition) is 4. The van der Waals surface area contributed by atoms with Gasteiger partial charge >= 0.3 is 0 Å². The van der Waals surface area contributed by atoms with Crippen molar-refractivity contribution in [3.8, 4) is 11.3 Å². The molecule has 0 atom stereocenters. The Kier molecular flexibility index (Phi) is 4.60. The third-order valence-corrected chi connectivity index (χ3v) is 3.92. The first kappa shape index (κ1) is 16.9. The zero-order chi connectivity index (χ0) is 18.6. The molecule has 4 aromatic rings. The van der Waals surface area contributed by atoms with Gasteiger partial charge in [0.2, 0.25) is 0 Å². The molecule has 0 fully saturated rings. The lowest BCUT2D eigenvalue weighted by molar-refractivity contribution is 0.269. The van der Waals surface area contributed by atoms with E-state index in [1.54, 1.807) is 34.0 Å². The molecule has 4 rings (SSSR count). The maximum absolute atomic E-state index is 9.01. The average molecular weight is 366 g/mol. The first-order valence-electron chi connectivity index (χ1n) is 8.27. The van der Waals surface area contributed by atoms with Gasteiger partial charge in [-0.3, -0.25) is 4.68 Å². The number of nitrogens with zero attached hydrogens (tertiary/aromatic N) is 7. The molecule has 11 heteroatoms. The monoisotopic (exact) mass is 366 g/mol. The molecule has 27 heavy (non-hydrogen) atoms. The first-order chi connectivity index (χ1) is 13.3. The lowest BCUT2D eigenvalue weighted by atomic mass is 10.2. The fraction of sp³-hybridized carbons (Fsp3) is 0.188. The zero-order valence-electron chi connectivity index (χ0n) is 14.3. The predicted octanol–water partition coefficient (Wildman–Crippen LogP) is 0.273. The number of aliphatic hydroxyl groups excluding tert-OH is 1. The quantitative estimate of drug-likeness (QED) is 0.267. The van der Waals surface area contributed by atoms with Crippen molar-refractivity contribution in [1.29, 1.82) is 0 Å². The van der Waals surface area contributed by atoms with Gasteiger partial charge in [-0.2, -0.15) is 10.2 Å². The number of rotatable bonds is 7. The van der Waals surface area contributed by atoms with Gasteiger partial charge in [-0.25, -0.2) is 25.3 Å². The molecule has 0 unspecified atom stereocenters. The van der Waals surface area contributed by atoms with Gasteiger partial charge in [-0.05, 0) is 6.07 Å². The summed E-state index contributed by atoms with van der Waals surface area (Å²) in [5, 5.41) is 20.5. The number of aliphatic hydroxyl groups is 1. The summed E-state index contributed by atoms with van der Waals surface area (Å²) in [6, 6.07) is 3.71. The minimum atomic E-state index is 0.0180. The van der Waals surface area contributed by atoms with E-state index >= 15 is 0 Å². The van der Waals surface area contributed by atoms with Gasteiger partial charge in [0, 0.05) is 24.0 Å². The van der Waals surface area contributed by atoms with Crippen LogP contribution in [0.15, 0.2) is 43.1 Å².